The number of benzene rings is 3. The predicted molar refractivity (Wildman–Crippen MR) is 138 cm³/mol. The van der Waals surface area contributed by atoms with Gasteiger partial charge in [0.05, 0.1) is 18.2 Å². The summed E-state index contributed by atoms with van der Waals surface area (Å²) in [5.74, 6) is -0.254. The van der Waals surface area contributed by atoms with E-state index in [1.165, 1.54) is 11.0 Å². The van der Waals surface area contributed by atoms with Crippen molar-refractivity contribution in [1.29, 1.82) is 0 Å². The van der Waals surface area contributed by atoms with Gasteiger partial charge in [0, 0.05) is 36.7 Å². The minimum atomic E-state index is -0.366. The molecule has 2 aliphatic rings. The quantitative estimate of drug-likeness (QED) is 0.360. The van der Waals surface area contributed by atoms with Gasteiger partial charge in [0.15, 0.2) is 5.78 Å². The zero-order chi connectivity index (χ0) is 25.9. The Morgan fingerprint density at radius 3 is 2.16 bits per heavy atom. The summed E-state index contributed by atoms with van der Waals surface area (Å²) in [6.07, 6.45) is 1.72. The number of carbonyl (C=O) groups excluding carboxylic acids is 4. The van der Waals surface area contributed by atoms with Gasteiger partial charge in [0.25, 0.3) is 17.7 Å². The maximum Gasteiger partial charge on any atom is 0.261 e. The molecule has 2 heterocycles. The highest BCUT2D eigenvalue weighted by Gasteiger charge is 2.36. The first-order chi connectivity index (χ1) is 18.0. The second-order valence-corrected chi connectivity index (χ2v) is 9.42. The summed E-state index contributed by atoms with van der Waals surface area (Å²) in [6, 6.07) is 21.5. The summed E-state index contributed by atoms with van der Waals surface area (Å²) >= 11 is 0. The number of hydrogen-bond acceptors (Lipinski definition) is 5. The van der Waals surface area contributed by atoms with E-state index >= 15 is 0 Å². The third-order valence-corrected chi connectivity index (χ3v) is 7.21. The van der Waals surface area contributed by atoms with Crippen LogP contribution in [-0.2, 0) is 6.42 Å². The summed E-state index contributed by atoms with van der Waals surface area (Å²) in [6.45, 7) is 1.20. The number of imide groups is 1. The minimum Gasteiger partial charge on any atom is -0.497 e. The molecule has 0 saturated carbocycles. The maximum absolute atomic E-state index is 13.2. The lowest BCUT2D eigenvalue weighted by atomic mass is 9.88. The third-order valence-electron chi connectivity index (χ3n) is 7.21. The zero-order valence-corrected chi connectivity index (χ0v) is 20.7. The highest BCUT2D eigenvalue weighted by Crippen LogP contribution is 2.27. The number of methoxy groups -OCH3 is 1. The molecule has 188 valence electrons. The normalized spacial score (nSPS) is 15.6. The lowest BCUT2D eigenvalue weighted by Gasteiger charge is -2.31. The van der Waals surface area contributed by atoms with Crippen LogP contribution in [-0.4, -0.2) is 60.0 Å². The smallest absolute Gasteiger partial charge is 0.261 e. The fourth-order valence-electron chi connectivity index (χ4n) is 5.03. The number of likely N-dealkylation sites (tertiary alicyclic amines) is 1. The van der Waals surface area contributed by atoms with E-state index in [0.29, 0.717) is 54.8 Å². The molecule has 3 aromatic carbocycles. The van der Waals surface area contributed by atoms with Crippen molar-refractivity contribution in [1.82, 2.24) is 9.80 Å². The van der Waals surface area contributed by atoms with E-state index in [-0.39, 0.29) is 41.5 Å². The Labute approximate surface area is 215 Å². The van der Waals surface area contributed by atoms with E-state index in [4.69, 9.17) is 4.74 Å². The number of rotatable bonds is 7. The van der Waals surface area contributed by atoms with Crippen molar-refractivity contribution in [2.45, 2.75) is 19.3 Å². The summed E-state index contributed by atoms with van der Waals surface area (Å²) in [5.41, 5.74) is 2.67. The molecule has 3 aromatic rings. The third kappa shape index (κ3) is 4.89. The van der Waals surface area contributed by atoms with Crippen molar-refractivity contribution >= 4 is 23.5 Å². The number of ketones is 1. The van der Waals surface area contributed by atoms with Gasteiger partial charge in [-0.25, -0.2) is 0 Å². The monoisotopic (exact) mass is 496 g/mol. The molecule has 0 aromatic heterocycles. The van der Waals surface area contributed by atoms with Crippen molar-refractivity contribution < 1.29 is 23.9 Å². The van der Waals surface area contributed by atoms with Gasteiger partial charge in [-0.1, -0.05) is 30.3 Å². The number of carbonyl (C=O) groups is 4. The maximum atomic E-state index is 13.2. The summed E-state index contributed by atoms with van der Waals surface area (Å²) in [5, 5.41) is 0. The number of ether oxygens (including phenoxy) is 1. The Kier molecular flexibility index (Phi) is 6.86. The molecular weight excluding hydrogens is 468 g/mol. The topological polar surface area (TPSA) is 84.0 Å². The van der Waals surface area contributed by atoms with Gasteiger partial charge in [-0.2, -0.15) is 0 Å². The Hall–Kier alpha value is -4.26. The van der Waals surface area contributed by atoms with E-state index < -0.39 is 0 Å². The SMILES string of the molecule is COc1ccc(C(=O)C2CCN(C(=O)c3ccc4c(c3)C(=O)N(CCc3ccccc3)C4=O)CC2)cc1. The largest absolute Gasteiger partial charge is 0.497 e. The number of nitrogens with zero attached hydrogens (tertiary/aromatic N) is 2. The first kappa shape index (κ1) is 24.4. The summed E-state index contributed by atoms with van der Waals surface area (Å²) in [4.78, 5) is 54.9. The van der Waals surface area contributed by atoms with E-state index in [0.717, 1.165) is 5.56 Å². The predicted octanol–water partition coefficient (Wildman–Crippen LogP) is 4.27. The van der Waals surface area contributed by atoms with E-state index in [1.54, 1.807) is 48.4 Å². The molecule has 0 bridgehead atoms. The Morgan fingerprint density at radius 2 is 1.49 bits per heavy atom. The second-order valence-electron chi connectivity index (χ2n) is 9.42. The van der Waals surface area contributed by atoms with Gasteiger partial charge in [-0.15, -0.1) is 0 Å². The molecule has 3 amide bonds. The molecule has 0 spiro atoms. The molecule has 7 heteroatoms. The van der Waals surface area contributed by atoms with Gasteiger partial charge in [0.2, 0.25) is 0 Å². The van der Waals surface area contributed by atoms with Crippen LogP contribution in [0.1, 0.15) is 59.8 Å². The Bertz CT molecular complexity index is 1340. The van der Waals surface area contributed by atoms with E-state index in [1.807, 2.05) is 30.3 Å². The molecule has 0 aliphatic carbocycles. The lowest BCUT2D eigenvalue weighted by Crippen LogP contribution is -2.40. The van der Waals surface area contributed by atoms with Crippen LogP contribution < -0.4 is 4.74 Å². The van der Waals surface area contributed by atoms with Crippen LogP contribution in [0.15, 0.2) is 72.8 Å². The Balaban J connectivity index is 1.22. The van der Waals surface area contributed by atoms with Gasteiger partial charge in [0.1, 0.15) is 5.75 Å². The molecule has 5 rings (SSSR count). The van der Waals surface area contributed by atoms with Crippen LogP contribution in [0.25, 0.3) is 0 Å². The highest BCUT2D eigenvalue weighted by molar-refractivity contribution is 6.22. The molecule has 1 fully saturated rings. The van der Waals surface area contributed by atoms with Crippen molar-refractivity contribution in [3.8, 4) is 5.75 Å². The molecule has 2 aliphatic heterocycles. The average Bonchev–Trinajstić information content (AvgIpc) is 3.20. The number of Topliss-reactive ketones (excluding diaryl/α,β-unsaturated/α-hetero) is 1. The highest BCUT2D eigenvalue weighted by atomic mass is 16.5. The van der Waals surface area contributed by atoms with Crippen molar-refractivity contribution in [2.75, 3.05) is 26.7 Å². The van der Waals surface area contributed by atoms with Crippen LogP contribution in [0.2, 0.25) is 0 Å². The molecule has 0 N–H and O–H groups in total. The molecule has 37 heavy (non-hydrogen) atoms. The van der Waals surface area contributed by atoms with Gasteiger partial charge in [-0.3, -0.25) is 24.1 Å². The van der Waals surface area contributed by atoms with E-state index in [2.05, 4.69) is 0 Å². The summed E-state index contributed by atoms with van der Waals surface area (Å²) < 4.78 is 5.16. The van der Waals surface area contributed by atoms with Crippen LogP contribution in [0.4, 0.5) is 0 Å². The fourth-order valence-corrected chi connectivity index (χ4v) is 5.03. The first-order valence-corrected chi connectivity index (χ1v) is 12.5. The van der Waals surface area contributed by atoms with Gasteiger partial charge in [-0.05, 0) is 67.3 Å². The first-order valence-electron chi connectivity index (χ1n) is 12.5. The van der Waals surface area contributed by atoms with Crippen molar-refractivity contribution in [2.24, 2.45) is 5.92 Å². The Morgan fingerprint density at radius 1 is 0.838 bits per heavy atom. The number of piperidine rings is 1. The number of hydrogen-bond donors (Lipinski definition) is 0. The van der Waals surface area contributed by atoms with Crippen LogP contribution >= 0.6 is 0 Å². The second kappa shape index (κ2) is 10.4. The molecular formula is C30H28N2O5. The average molecular weight is 497 g/mol. The van der Waals surface area contributed by atoms with Crippen molar-refractivity contribution in [3.05, 3.63) is 101 Å². The van der Waals surface area contributed by atoms with Crippen LogP contribution in [0, 0.1) is 5.92 Å². The van der Waals surface area contributed by atoms with Crippen molar-refractivity contribution in [3.63, 3.8) is 0 Å². The van der Waals surface area contributed by atoms with Gasteiger partial charge >= 0.3 is 0 Å². The molecule has 0 radical (unpaired) electrons. The molecule has 0 unspecified atom stereocenters. The van der Waals surface area contributed by atoms with E-state index in [9.17, 15) is 19.2 Å². The molecule has 0 atom stereocenters. The zero-order valence-electron chi connectivity index (χ0n) is 20.7. The minimum absolute atomic E-state index is 0.0759. The summed E-state index contributed by atoms with van der Waals surface area (Å²) in [7, 11) is 1.58. The van der Waals surface area contributed by atoms with Crippen LogP contribution in [0.3, 0.4) is 0 Å². The fraction of sp³-hybridized carbons (Fsp3) is 0.267. The van der Waals surface area contributed by atoms with Gasteiger partial charge < -0.3 is 9.64 Å². The lowest BCUT2D eigenvalue weighted by molar-refractivity contribution is 0.0650. The molecule has 1 saturated heterocycles. The number of amides is 3. The number of fused-ring (bicyclic) bond motifs is 1. The standard InChI is InChI=1S/C30H28N2O5/c1-37-24-10-7-21(8-11-24)27(33)22-14-16-31(17-15-22)28(34)23-9-12-25-26(19-23)30(36)32(29(25)35)18-13-20-5-3-2-4-6-20/h2-12,19,22H,13-18H2,1H3. The molecule has 7 nitrogen and oxygen atoms in total. The van der Waals surface area contributed by atoms with Crippen LogP contribution in [0.5, 0.6) is 5.75 Å².